The van der Waals surface area contributed by atoms with Crippen LogP contribution in [0, 0.1) is 0 Å². The molecule has 0 spiro atoms. The lowest BCUT2D eigenvalue weighted by molar-refractivity contribution is 0.0958. The quantitative estimate of drug-likeness (QED) is 0.436. The van der Waals surface area contributed by atoms with Gasteiger partial charge in [-0.1, -0.05) is 0 Å². The summed E-state index contributed by atoms with van der Waals surface area (Å²) in [5.74, 6) is 0.931. The molecule has 0 atom stereocenters. The molecule has 1 N–H and O–H groups in total. The Balaban J connectivity index is 1.35. The predicted molar refractivity (Wildman–Crippen MR) is 114 cm³/mol. The third-order valence-corrected chi connectivity index (χ3v) is 5.21. The summed E-state index contributed by atoms with van der Waals surface area (Å²) >= 11 is 1.56. The van der Waals surface area contributed by atoms with Crippen LogP contribution in [0.3, 0.4) is 0 Å². The number of thiophene rings is 1. The van der Waals surface area contributed by atoms with Gasteiger partial charge in [0.15, 0.2) is 0 Å². The molecular weight excluding hydrogens is 402 g/mol. The molecule has 0 saturated heterocycles. The number of nitrogens with one attached hydrogen (secondary N) is 1. The van der Waals surface area contributed by atoms with Gasteiger partial charge in [0.25, 0.3) is 5.91 Å². The van der Waals surface area contributed by atoms with Crippen LogP contribution in [-0.4, -0.2) is 46.1 Å². The maximum Gasteiger partial charge on any atom is 0.269 e. The summed E-state index contributed by atoms with van der Waals surface area (Å²) < 4.78 is 11.6. The highest BCUT2D eigenvalue weighted by atomic mass is 32.1. The Morgan fingerprint density at radius 2 is 1.90 bits per heavy atom. The second-order valence-corrected chi connectivity index (χ2v) is 7.11. The molecule has 4 heterocycles. The molecular formula is C21H19N5O3S. The van der Waals surface area contributed by atoms with Crippen molar-refractivity contribution in [2.24, 2.45) is 0 Å². The first-order valence-corrected chi connectivity index (χ1v) is 10.2. The van der Waals surface area contributed by atoms with Crippen molar-refractivity contribution in [1.29, 1.82) is 0 Å². The van der Waals surface area contributed by atoms with Crippen LogP contribution in [0.4, 0.5) is 0 Å². The molecule has 8 nitrogen and oxygen atoms in total. The smallest absolute Gasteiger partial charge is 0.269 e. The van der Waals surface area contributed by atoms with Crippen LogP contribution in [0.2, 0.25) is 0 Å². The lowest BCUT2D eigenvalue weighted by Gasteiger charge is -2.09. The highest BCUT2D eigenvalue weighted by Gasteiger charge is 2.14. The van der Waals surface area contributed by atoms with E-state index in [2.05, 4.69) is 30.6 Å². The van der Waals surface area contributed by atoms with Crippen LogP contribution in [0.15, 0.2) is 54.6 Å². The van der Waals surface area contributed by atoms with Gasteiger partial charge in [-0.3, -0.25) is 9.78 Å². The Hall–Kier alpha value is -3.59. The zero-order valence-corrected chi connectivity index (χ0v) is 17.1. The van der Waals surface area contributed by atoms with E-state index in [1.54, 1.807) is 42.9 Å². The normalized spacial score (nSPS) is 10.7. The number of aromatic nitrogens is 4. The van der Waals surface area contributed by atoms with Gasteiger partial charge in [0.2, 0.25) is 5.88 Å². The molecule has 0 saturated carbocycles. The fraction of sp³-hybridized carbons (Fsp3) is 0.190. The number of amides is 1. The first-order chi connectivity index (χ1) is 14.8. The van der Waals surface area contributed by atoms with E-state index < -0.39 is 0 Å². The summed E-state index contributed by atoms with van der Waals surface area (Å²) in [6.45, 7) is 0.900. The summed E-state index contributed by atoms with van der Waals surface area (Å²) in [5.41, 5.74) is 2.43. The molecule has 152 valence electrons. The summed E-state index contributed by atoms with van der Waals surface area (Å²) in [6, 6.07) is 7.25. The molecule has 9 heteroatoms. The van der Waals surface area contributed by atoms with Crippen LogP contribution < -0.4 is 14.8 Å². The molecule has 0 unspecified atom stereocenters. The van der Waals surface area contributed by atoms with Crippen LogP contribution >= 0.6 is 11.3 Å². The van der Waals surface area contributed by atoms with Gasteiger partial charge in [0.05, 0.1) is 24.8 Å². The maximum atomic E-state index is 11.5. The Bertz CT molecular complexity index is 1130. The Kier molecular flexibility index (Phi) is 6.09. The van der Waals surface area contributed by atoms with Crippen molar-refractivity contribution in [2.75, 3.05) is 20.3 Å². The molecule has 1 amide bonds. The van der Waals surface area contributed by atoms with Gasteiger partial charge in [0.1, 0.15) is 22.6 Å². The molecule has 0 aromatic carbocycles. The number of fused-ring (bicyclic) bond motifs is 1. The van der Waals surface area contributed by atoms with Crippen molar-refractivity contribution in [1.82, 2.24) is 25.3 Å². The minimum Gasteiger partial charge on any atom is -0.492 e. The summed E-state index contributed by atoms with van der Waals surface area (Å²) in [4.78, 5) is 29.2. The van der Waals surface area contributed by atoms with Gasteiger partial charge >= 0.3 is 0 Å². The van der Waals surface area contributed by atoms with Gasteiger partial charge in [-0.05, 0) is 29.8 Å². The van der Waals surface area contributed by atoms with E-state index in [9.17, 15) is 4.79 Å². The standard InChI is InChI=1S/C21H19N5O3S/c1-22-19(27)17-4-3-15(11-24-17)28-9-2-10-29-20-18-16(14-5-7-23-8-6-14)12-30-21(18)26-13-25-20/h3-8,11-13H,2,9-10H2,1H3,(H,22,27). The molecule has 4 aromatic heterocycles. The number of nitrogens with zero attached hydrogens (tertiary/aromatic N) is 4. The third kappa shape index (κ3) is 4.36. The average molecular weight is 421 g/mol. The van der Waals surface area contributed by atoms with E-state index in [1.807, 2.05) is 12.1 Å². The highest BCUT2D eigenvalue weighted by Crippen LogP contribution is 2.37. The van der Waals surface area contributed by atoms with E-state index in [4.69, 9.17) is 9.47 Å². The number of ether oxygens (including phenoxy) is 2. The highest BCUT2D eigenvalue weighted by molar-refractivity contribution is 7.17. The lowest BCUT2D eigenvalue weighted by atomic mass is 10.1. The van der Waals surface area contributed by atoms with Gasteiger partial charge in [-0.2, -0.15) is 0 Å². The topological polar surface area (TPSA) is 99.1 Å². The van der Waals surface area contributed by atoms with Crippen LogP contribution in [0.25, 0.3) is 21.3 Å². The van der Waals surface area contributed by atoms with Crippen molar-refractivity contribution in [3.63, 3.8) is 0 Å². The number of pyridine rings is 2. The first-order valence-electron chi connectivity index (χ1n) is 9.32. The molecule has 0 bridgehead atoms. The fourth-order valence-corrected chi connectivity index (χ4v) is 3.75. The molecule has 0 aliphatic carbocycles. The maximum absolute atomic E-state index is 11.5. The number of carbonyl (C=O) groups excluding carboxylic acids is 1. The Labute approximate surface area is 177 Å². The first kappa shape index (κ1) is 19.7. The second kappa shape index (κ2) is 9.27. The van der Waals surface area contributed by atoms with Gasteiger partial charge in [-0.15, -0.1) is 11.3 Å². The van der Waals surface area contributed by atoms with Gasteiger partial charge < -0.3 is 14.8 Å². The van der Waals surface area contributed by atoms with Gasteiger partial charge in [0, 0.05) is 36.8 Å². The van der Waals surface area contributed by atoms with Crippen molar-refractivity contribution in [3.8, 4) is 22.8 Å². The largest absolute Gasteiger partial charge is 0.492 e. The molecule has 0 aliphatic heterocycles. The van der Waals surface area contributed by atoms with Crippen molar-refractivity contribution in [3.05, 3.63) is 60.3 Å². The average Bonchev–Trinajstić information content (AvgIpc) is 3.24. The predicted octanol–water partition coefficient (Wildman–Crippen LogP) is 3.36. The molecule has 30 heavy (non-hydrogen) atoms. The second-order valence-electron chi connectivity index (χ2n) is 6.25. The molecule has 4 rings (SSSR count). The lowest BCUT2D eigenvalue weighted by Crippen LogP contribution is -2.18. The monoisotopic (exact) mass is 421 g/mol. The zero-order valence-electron chi connectivity index (χ0n) is 16.2. The molecule has 0 radical (unpaired) electrons. The van der Waals surface area contributed by atoms with E-state index in [-0.39, 0.29) is 5.91 Å². The molecule has 0 fully saturated rings. The van der Waals surface area contributed by atoms with Crippen LogP contribution in [-0.2, 0) is 0 Å². The van der Waals surface area contributed by atoms with E-state index >= 15 is 0 Å². The SMILES string of the molecule is CNC(=O)c1ccc(OCCCOc2ncnc3scc(-c4ccncc4)c23)cn1. The number of hydrogen-bond donors (Lipinski definition) is 1. The number of carbonyl (C=O) groups is 1. The Morgan fingerprint density at radius 1 is 1.07 bits per heavy atom. The number of rotatable bonds is 8. The third-order valence-electron chi connectivity index (χ3n) is 4.32. The summed E-state index contributed by atoms with van der Waals surface area (Å²) in [5, 5.41) is 5.49. The zero-order chi connectivity index (χ0) is 20.8. The van der Waals surface area contributed by atoms with Crippen molar-refractivity contribution < 1.29 is 14.3 Å². The summed E-state index contributed by atoms with van der Waals surface area (Å²) in [6.07, 6.45) is 7.23. The molecule has 0 aliphatic rings. The number of hydrogen-bond acceptors (Lipinski definition) is 8. The van der Waals surface area contributed by atoms with E-state index in [0.717, 1.165) is 21.3 Å². The summed E-state index contributed by atoms with van der Waals surface area (Å²) in [7, 11) is 1.57. The van der Waals surface area contributed by atoms with Crippen LogP contribution in [0.1, 0.15) is 16.9 Å². The fourth-order valence-electron chi connectivity index (χ4n) is 2.85. The van der Waals surface area contributed by atoms with Crippen molar-refractivity contribution in [2.45, 2.75) is 6.42 Å². The van der Waals surface area contributed by atoms with E-state index in [0.29, 0.717) is 37.0 Å². The minimum absolute atomic E-state index is 0.231. The minimum atomic E-state index is -0.231. The Morgan fingerprint density at radius 3 is 2.67 bits per heavy atom. The van der Waals surface area contributed by atoms with Crippen LogP contribution in [0.5, 0.6) is 11.6 Å². The van der Waals surface area contributed by atoms with Gasteiger partial charge in [-0.25, -0.2) is 15.0 Å². The van der Waals surface area contributed by atoms with Crippen molar-refractivity contribution >= 4 is 27.5 Å². The van der Waals surface area contributed by atoms with E-state index in [1.165, 1.54) is 12.5 Å². The molecule has 4 aromatic rings.